The third-order valence-corrected chi connectivity index (χ3v) is 3.13. The predicted molar refractivity (Wildman–Crippen MR) is 105 cm³/mol. The summed E-state index contributed by atoms with van der Waals surface area (Å²) < 4.78 is 29.5. The monoisotopic (exact) mass is 406 g/mol. The number of rotatable bonds is 6. The maximum absolute atomic E-state index is 10.8. The van der Waals surface area contributed by atoms with Crippen molar-refractivity contribution in [3.05, 3.63) is 38.0 Å². The zero-order chi connectivity index (χ0) is 22.5. The second-order valence-corrected chi connectivity index (χ2v) is 8.24. The number of hydrogen-bond acceptors (Lipinski definition) is 5. The van der Waals surface area contributed by atoms with Gasteiger partial charge in [0.25, 0.3) is 10.1 Å². The van der Waals surface area contributed by atoms with E-state index in [1.807, 2.05) is 20.8 Å². The standard InChI is InChI=1S/C7H13NO4S.C7H13NO.C3H4O2/c1-4-6(9)8-7(2,3)5-13(10,11)12;1-5-6(9)8-7(2,3)4;1-2-3(4)5/h4H,1,5H2,2-3H3,(H,8,9)(H,10,11,12);5H,1H2,2-4H3,(H,8,9);2H,1H2,(H,4,5). The summed E-state index contributed by atoms with van der Waals surface area (Å²) in [6, 6.07) is 0. The van der Waals surface area contributed by atoms with Crippen molar-refractivity contribution in [1.82, 2.24) is 10.6 Å². The fraction of sp³-hybridized carbons (Fsp3) is 0.471. The summed E-state index contributed by atoms with van der Waals surface area (Å²) in [5.74, 6) is -2.11. The van der Waals surface area contributed by atoms with Gasteiger partial charge in [0.15, 0.2) is 0 Å². The van der Waals surface area contributed by atoms with Gasteiger partial charge in [0, 0.05) is 11.6 Å². The number of carbonyl (C=O) groups is 3. The Morgan fingerprint density at radius 3 is 1.41 bits per heavy atom. The molecule has 0 heterocycles. The van der Waals surface area contributed by atoms with Crippen molar-refractivity contribution in [3.8, 4) is 0 Å². The van der Waals surface area contributed by atoms with E-state index in [2.05, 4.69) is 30.4 Å². The van der Waals surface area contributed by atoms with Crippen LogP contribution in [0, 0.1) is 0 Å². The van der Waals surface area contributed by atoms with E-state index >= 15 is 0 Å². The summed E-state index contributed by atoms with van der Waals surface area (Å²) in [5.41, 5.74) is -1.15. The molecule has 0 spiro atoms. The molecule has 0 radical (unpaired) electrons. The van der Waals surface area contributed by atoms with Gasteiger partial charge in [-0.25, -0.2) is 4.79 Å². The van der Waals surface area contributed by atoms with E-state index in [-0.39, 0.29) is 11.4 Å². The number of amides is 2. The summed E-state index contributed by atoms with van der Waals surface area (Å²) in [7, 11) is -4.08. The molecule has 0 aliphatic rings. The second kappa shape index (κ2) is 12.8. The van der Waals surface area contributed by atoms with Crippen LogP contribution in [0.15, 0.2) is 38.0 Å². The van der Waals surface area contributed by atoms with Crippen LogP contribution in [0.4, 0.5) is 0 Å². The number of carbonyl (C=O) groups excluding carboxylic acids is 2. The summed E-state index contributed by atoms with van der Waals surface area (Å²) in [4.78, 5) is 30.7. The highest BCUT2D eigenvalue weighted by molar-refractivity contribution is 7.85. The second-order valence-electron chi connectivity index (χ2n) is 6.79. The number of aliphatic carboxylic acids is 1. The SMILES string of the molecule is C=CC(=O)NC(C)(C)C.C=CC(=O)NC(C)(C)CS(=O)(=O)O.C=CC(=O)O. The van der Waals surface area contributed by atoms with E-state index in [0.29, 0.717) is 0 Å². The third kappa shape index (κ3) is 28.6. The Balaban J connectivity index is -0.000000356. The van der Waals surface area contributed by atoms with Crippen LogP contribution >= 0.6 is 0 Å². The van der Waals surface area contributed by atoms with Crippen LogP contribution in [0.3, 0.4) is 0 Å². The number of carboxylic acids is 1. The van der Waals surface area contributed by atoms with Crippen molar-refractivity contribution in [2.45, 2.75) is 45.7 Å². The smallest absolute Gasteiger partial charge is 0.327 e. The first-order chi connectivity index (χ1) is 11.9. The van der Waals surface area contributed by atoms with Crippen LogP contribution < -0.4 is 10.6 Å². The molecule has 9 nitrogen and oxygen atoms in total. The van der Waals surface area contributed by atoms with Gasteiger partial charge in [0.05, 0.1) is 11.3 Å². The molecule has 2 amide bonds. The van der Waals surface area contributed by atoms with Gasteiger partial charge in [-0.1, -0.05) is 19.7 Å². The van der Waals surface area contributed by atoms with Crippen molar-refractivity contribution in [2.75, 3.05) is 5.75 Å². The fourth-order valence-corrected chi connectivity index (χ4v) is 2.28. The Morgan fingerprint density at radius 1 is 0.889 bits per heavy atom. The van der Waals surface area contributed by atoms with Crippen LogP contribution in [0.5, 0.6) is 0 Å². The lowest BCUT2D eigenvalue weighted by Gasteiger charge is -2.23. The predicted octanol–water partition coefficient (Wildman–Crippen LogP) is 1.30. The van der Waals surface area contributed by atoms with E-state index in [1.54, 1.807) is 0 Å². The molecule has 0 aromatic rings. The minimum absolute atomic E-state index is 0.123. The van der Waals surface area contributed by atoms with Crippen LogP contribution in [0.2, 0.25) is 0 Å². The number of nitrogens with one attached hydrogen (secondary N) is 2. The Hall–Kier alpha value is -2.46. The third-order valence-electron chi connectivity index (χ3n) is 2.05. The van der Waals surface area contributed by atoms with Crippen molar-refractivity contribution in [2.24, 2.45) is 0 Å². The Labute approximate surface area is 161 Å². The molecule has 0 aromatic heterocycles. The molecule has 0 saturated heterocycles. The highest BCUT2D eigenvalue weighted by Crippen LogP contribution is 2.05. The lowest BCUT2D eigenvalue weighted by molar-refractivity contribution is -0.131. The summed E-state index contributed by atoms with van der Waals surface area (Å²) in [6.07, 6.45) is 3.14. The first-order valence-corrected chi connectivity index (χ1v) is 9.19. The van der Waals surface area contributed by atoms with Crippen molar-refractivity contribution in [1.29, 1.82) is 0 Å². The molecule has 0 aliphatic heterocycles. The quantitative estimate of drug-likeness (QED) is 0.383. The Kier molecular flexibility index (Phi) is 13.9. The lowest BCUT2D eigenvalue weighted by atomic mass is 10.1. The van der Waals surface area contributed by atoms with Gasteiger partial charge in [-0.3, -0.25) is 14.1 Å². The first kappa shape index (κ1) is 29.3. The highest BCUT2D eigenvalue weighted by atomic mass is 32.2. The molecule has 0 unspecified atom stereocenters. The molecule has 156 valence electrons. The van der Waals surface area contributed by atoms with E-state index in [0.717, 1.165) is 12.2 Å². The Bertz CT molecular complexity index is 645. The summed E-state index contributed by atoms with van der Waals surface area (Å²) in [6.45, 7) is 18.3. The largest absolute Gasteiger partial charge is 0.478 e. The minimum Gasteiger partial charge on any atom is -0.478 e. The van der Waals surface area contributed by atoms with E-state index < -0.39 is 33.3 Å². The van der Waals surface area contributed by atoms with Gasteiger partial charge in [-0.05, 0) is 46.8 Å². The maximum atomic E-state index is 10.8. The van der Waals surface area contributed by atoms with Crippen LogP contribution in [-0.2, 0) is 24.5 Å². The number of carboxylic acid groups (broad SMARTS) is 1. The molecule has 0 aromatic carbocycles. The van der Waals surface area contributed by atoms with E-state index in [9.17, 15) is 22.8 Å². The van der Waals surface area contributed by atoms with Crippen LogP contribution in [0.25, 0.3) is 0 Å². The van der Waals surface area contributed by atoms with Crippen LogP contribution in [0.1, 0.15) is 34.6 Å². The summed E-state index contributed by atoms with van der Waals surface area (Å²) >= 11 is 0. The zero-order valence-corrected chi connectivity index (χ0v) is 17.2. The van der Waals surface area contributed by atoms with Crippen molar-refractivity contribution >= 4 is 27.9 Å². The molecule has 0 fully saturated rings. The van der Waals surface area contributed by atoms with Gasteiger partial charge in [0.1, 0.15) is 0 Å². The lowest BCUT2D eigenvalue weighted by Crippen LogP contribution is -2.47. The highest BCUT2D eigenvalue weighted by Gasteiger charge is 2.25. The average molecular weight is 407 g/mol. The molecule has 4 N–H and O–H groups in total. The molecule has 0 saturated carbocycles. The van der Waals surface area contributed by atoms with E-state index in [1.165, 1.54) is 19.9 Å². The van der Waals surface area contributed by atoms with Crippen molar-refractivity contribution < 1.29 is 32.5 Å². The van der Waals surface area contributed by atoms with Gasteiger partial charge in [0.2, 0.25) is 11.8 Å². The average Bonchev–Trinajstić information content (AvgIpc) is 2.43. The zero-order valence-electron chi connectivity index (χ0n) is 16.4. The fourth-order valence-electron chi connectivity index (χ4n) is 1.30. The summed E-state index contributed by atoms with van der Waals surface area (Å²) in [5, 5.41) is 12.7. The molecule has 0 bridgehead atoms. The van der Waals surface area contributed by atoms with Gasteiger partial charge in [-0.2, -0.15) is 8.42 Å². The Morgan fingerprint density at radius 2 is 1.22 bits per heavy atom. The first-order valence-electron chi connectivity index (χ1n) is 7.58. The van der Waals surface area contributed by atoms with Gasteiger partial charge < -0.3 is 15.7 Å². The minimum atomic E-state index is -4.08. The molecule has 0 atom stereocenters. The van der Waals surface area contributed by atoms with Gasteiger partial charge in [-0.15, -0.1) is 0 Å². The number of hydrogen-bond donors (Lipinski definition) is 4. The molecule has 0 rings (SSSR count). The topological polar surface area (TPSA) is 150 Å². The molecule has 10 heteroatoms. The normalized spacial score (nSPS) is 10.6. The molecule has 0 aliphatic carbocycles. The molecular formula is C17H30N2O7S. The molecule has 27 heavy (non-hydrogen) atoms. The molecular weight excluding hydrogens is 376 g/mol. The maximum Gasteiger partial charge on any atom is 0.327 e. The van der Waals surface area contributed by atoms with E-state index in [4.69, 9.17) is 9.66 Å². The van der Waals surface area contributed by atoms with Crippen molar-refractivity contribution in [3.63, 3.8) is 0 Å². The van der Waals surface area contributed by atoms with Gasteiger partial charge >= 0.3 is 5.97 Å². The van der Waals surface area contributed by atoms with Crippen LogP contribution in [-0.4, -0.2) is 52.7 Å².